The van der Waals surface area contributed by atoms with Crippen LogP contribution in [0.15, 0.2) is 0 Å². The quantitative estimate of drug-likeness (QED) is 0.612. The van der Waals surface area contributed by atoms with Crippen molar-refractivity contribution in [3.05, 3.63) is 0 Å². The molecule has 0 N–H and O–H groups in total. The van der Waals surface area contributed by atoms with Gasteiger partial charge in [0.05, 0.1) is 0 Å². The van der Waals surface area contributed by atoms with Crippen molar-refractivity contribution < 1.29 is 0 Å². The second-order valence-corrected chi connectivity index (χ2v) is 26.4. The Morgan fingerprint density at radius 1 is 0.692 bits per heavy atom. The fourth-order valence-corrected chi connectivity index (χ4v) is 35.2. The maximum atomic E-state index is 2.65. The summed E-state index contributed by atoms with van der Waals surface area (Å²) in [7, 11) is -0.598. The topological polar surface area (TPSA) is 0 Å². The average molecular weight is 232 g/mol. The number of rotatable bonds is 6. The van der Waals surface area contributed by atoms with Gasteiger partial charge in [0, 0.05) is 0 Å². The molecular formula is C10H27Si3-. The summed E-state index contributed by atoms with van der Waals surface area (Å²) in [5, 5.41) is 0. The van der Waals surface area contributed by atoms with Gasteiger partial charge in [-0.05, 0) is 0 Å². The molecule has 0 fully saturated rings. The zero-order chi connectivity index (χ0) is 10.5. The van der Waals surface area contributed by atoms with E-state index in [9.17, 15) is 0 Å². The molecule has 0 aliphatic carbocycles. The van der Waals surface area contributed by atoms with E-state index in [1.165, 1.54) is 24.2 Å². The van der Waals surface area contributed by atoms with E-state index >= 15 is 0 Å². The number of hydrogen-bond acceptors (Lipinski definition) is 0. The van der Waals surface area contributed by atoms with Crippen LogP contribution in [0, 0.1) is 0 Å². The Hall–Kier alpha value is 0.651. The normalized spacial score (nSPS) is 13.4. The van der Waals surface area contributed by atoms with Crippen LogP contribution in [0.1, 0.15) is 27.7 Å². The van der Waals surface area contributed by atoms with Crippen LogP contribution in [0.5, 0.6) is 0 Å². The monoisotopic (exact) mass is 231 g/mol. The van der Waals surface area contributed by atoms with E-state index in [4.69, 9.17) is 0 Å². The molecule has 0 aliphatic heterocycles. The average Bonchev–Trinajstić information content (AvgIpc) is 2.17. The molecular weight excluding hydrogens is 204 g/mol. The third-order valence-electron chi connectivity index (χ3n) is 3.93. The molecule has 0 aromatic rings. The lowest BCUT2D eigenvalue weighted by Gasteiger charge is -2.46. The van der Waals surface area contributed by atoms with Gasteiger partial charge in [0.15, 0.2) is 0 Å². The Bertz CT molecular complexity index is 121. The first kappa shape index (κ1) is 13.7. The minimum Gasteiger partial charge on any atom is -0.271 e. The summed E-state index contributed by atoms with van der Waals surface area (Å²) in [6.45, 7) is 15.0. The lowest BCUT2D eigenvalue weighted by atomic mass is 10.9. The summed E-state index contributed by atoms with van der Waals surface area (Å²) in [6, 6.07) is 6.12. The molecule has 3 heteroatoms. The molecule has 0 saturated heterocycles. The molecule has 0 heterocycles. The third-order valence-corrected chi connectivity index (χ3v) is 33.4. The lowest BCUT2D eigenvalue weighted by Crippen LogP contribution is -2.52. The molecule has 80 valence electrons. The summed E-state index contributed by atoms with van der Waals surface area (Å²) in [5.74, 6) is 0. The highest BCUT2D eigenvalue weighted by Crippen LogP contribution is 2.22. The van der Waals surface area contributed by atoms with Crippen molar-refractivity contribution >= 4 is 23.7 Å². The predicted molar refractivity (Wildman–Crippen MR) is 72.3 cm³/mol. The van der Waals surface area contributed by atoms with Crippen molar-refractivity contribution in [3.8, 4) is 0 Å². The molecule has 0 rings (SSSR count). The SMILES string of the molecule is CC[Si](C)(CC)[SiH-][Si](C)(CC)CC. The number of hydrogen-bond donors (Lipinski definition) is 0. The third kappa shape index (κ3) is 4.13. The fourth-order valence-electron chi connectivity index (χ4n) is 1.75. The molecule has 0 aromatic heterocycles. The smallest absolute Gasteiger partial charge is 0.0704 e. The van der Waals surface area contributed by atoms with Crippen LogP contribution in [0.25, 0.3) is 0 Å². The molecule has 0 aliphatic rings. The van der Waals surface area contributed by atoms with Gasteiger partial charge in [-0.2, -0.15) is 0 Å². The van der Waals surface area contributed by atoms with E-state index in [1.807, 2.05) is 0 Å². The molecule has 0 amide bonds. The van der Waals surface area contributed by atoms with E-state index in [2.05, 4.69) is 40.8 Å². The van der Waals surface area contributed by atoms with Gasteiger partial charge in [-0.1, -0.05) is 65.0 Å². The Morgan fingerprint density at radius 3 is 1.08 bits per heavy atom. The van der Waals surface area contributed by atoms with Gasteiger partial charge < -0.3 is 0 Å². The minimum atomic E-state index is -0.730. The highest BCUT2D eigenvalue weighted by Gasteiger charge is 2.22. The van der Waals surface area contributed by atoms with Gasteiger partial charge in [-0.25, -0.2) is 0 Å². The predicted octanol–water partition coefficient (Wildman–Crippen LogP) is 3.65. The molecule has 0 radical (unpaired) electrons. The lowest BCUT2D eigenvalue weighted by molar-refractivity contribution is 1.28. The van der Waals surface area contributed by atoms with Crippen molar-refractivity contribution in [2.45, 2.75) is 65.0 Å². The van der Waals surface area contributed by atoms with E-state index < -0.39 is 15.2 Å². The van der Waals surface area contributed by atoms with Crippen LogP contribution in [-0.4, -0.2) is 23.7 Å². The fraction of sp³-hybridized carbons (Fsp3) is 1.00. The highest BCUT2D eigenvalue weighted by atomic mass is 29.6. The first-order valence-electron chi connectivity index (χ1n) is 5.82. The molecule has 0 spiro atoms. The van der Waals surface area contributed by atoms with Gasteiger partial charge in [0.1, 0.15) is 0 Å². The van der Waals surface area contributed by atoms with E-state index in [0.717, 1.165) is 8.55 Å². The van der Waals surface area contributed by atoms with Crippen molar-refractivity contribution in [1.82, 2.24) is 0 Å². The Labute approximate surface area is 88.9 Å². The van der Waals surface area contributed by atoms with Crippen molar-refractivity contribution in [3.63, 3.8) is 0 Å². The largest absolute Gasteiger partial charge is 0.271 e. The molecule has 0 bridgehead atoms. The molecule has 0 atom stereocenters. The van der Waals surface area contributed by atoms with Gasteiger partial charge in [0.2, 0.25) is 0 Å². The van der Waals surface area contributed by atoms with Crippen molar-refractivity contribution in [2.24, 2.45) is 0 Å². The van der Waals surface area contributed by atoms with Crippen molar-refractivity contribution in [2.75, 3.05) is 0 Å². The van der Waals surface area contributed by atoms with Crippen LogP contribution < -0.4 is 0 Å². The maximum absolute atomic E-state index is 2.65. The zero-order valence-electron chi connectivity index (χ0n) is 10.4. The molecule has 0 aromatic carbocycles. The Kier molecular flexibility index (Phi) is 5.79. The van der Waals surface area contributed by atoms with E-state index in [1.54, 1.807) is 0 Å². The van der Waals surface area contributed by atoms with Crippen LogP contribution in [0.3, 0.4) is 0 Å². The van der Waals surface area contributed by atoms with Crippen LogP contribution in [-0.2, 0) is 0 Å². The maximum Gasteiger partial charge on any atom is -0.0704 e. The van der Waals surface area contributed by atoms with Crippen LogP contribution in [0.2, 0.25) is 37.3 Å². The van der Waals surface area contributed by atoms with E-state index in [-0.39, 0.29) is 0 Å². The van der Waals surface area contributed by atoms with Crippen LogP contribution in [0.4, 0.5) is 0 Å². The summed E-state index contributed by atoms with van der Waals surface area (Å²) in [6.07, 6.45) is 0. The first-order valence-corrected chi connectivity index (χ1v) is 15.3. The Balaban J connectivity index is 4.36. The van der Waals surface area contributed by atoms with Crippen molar-refractivity contribution in [1.29, 1.82) is 0 Å². The van der Waals surface area contributed by atoms with Gasteiger partial charge in [-0.3, -0.25) is 8.55 Å². The van der Waals surface area contributed by atoms with Gasteiger partial charge in [-0.15, -0.1) is 15.2 Å². The summed E-state index contributed by atoms with van der Waals surface area (Å²) in [5.41, 5.74) is 0. The first-order chi connectivity index (χ1) is 5.95. The minimum absolute atomic E-state index is 0.730. The molecule has 0 nitrogen and oxygen atoms in total. The second-order valence-electron chi connectivity index (χ2n) is 4.87. The van der Waals surface area contributed by atoms with Crippen LogP contribution >= 0.6 is 0 Å². The highest BCUT2D eigenvalue weighted by molar-refractivity contribution is 7.53. The summed E-state index contributed by atoms with van der Waals surface area (Å²) >= 11 is 0. The molecule has 0 saturated carbocycles. The Morgan fingerprint density at radius 2 is 0.923 bits per heavy atom. The van der Waals surface area contributed by atoms with E-state index in [0.29, 0.717) is 0 Å². The standard InChI is InChI=1S/C10H27Si3/c1-7-12(5,8-2)11-13(6,9-3)10-4/h11H,7-10H2,1-6H3/q-1. The zero-order valence-corrected chi connectivity index (χ0v) is 13.6. The molecule has 0 unspecified atom stereocenters. The van der Waals surface area contributed by atoms with Gasteiger partial charge >= 0.3 is 0 Å². The molecule has 13 heavy (non-hydrogen) atoms. The second kappa shape index (κ2) is 5.51. The van der Waals surface area contributed by atoms with Gasteiger partial charge in [0.25, 0.3) is 0 Å². The summed E-state index contributed by atoms with van der Waals surface area (Å²) < 4.78 is 0. The summed E-state index contributed by atoms with van der Waals surface area (Å²) in [4.78, 5) is 0.